The predicted molar refractivity (Wildman–Crippen MR) is 242 cm³/mol. The summed E-state index contributed by atoms with van der Waals surface area (Å²) in [5, 5.41) is 19.7. The molecule has 6 aromatic heterocycles. The van der Waals surface area contributed by atoms with Crippen LogP contribution in [0.3, 0.4) is 0 Å². The number of thiophene rings is 2. The molecule has 326 valence electrons. The number of ether oxygens (including phenoxy) is 3. The number of benzene rings is 2. The predicted octanol–water partition coefficient (Wildman–Crippen LogP) is 11.4. The Kier molecular flexibility index (Phi) is 17.1. The Labute approximate surface area is 393 Å². The maximum absolute atomic E-state index is 12.8. The van der Waals surface area contributed by atoms with Crippen LogP contribution in [0.1, 0.15) is 5.69 Å². The van der Waals surface area contributed by atoms with E-state index in [0.29, 0.717) is 47.5 Å². The molecule has 2 N–H and O–H groups in total. The third-order valence-electron chi connectivity index (χ3n) is 8.48. The maximum atomic E-state index is 12.8. The molecule has 8 aromatic rings. The molecule has 0 amide bonds. The first-order chi connectivity index (χ1) is 30.9. The normalized spacial score (nSPS) is 10.7. The van der Waals surface area contributed by atoms with E-state index in [1.165, 1.54) is 60.1 Å². The van der Waals surface area contributed by atoms with Gasteiger partial charge in [0.15, 0.2) is 0 Å². The molecular formula is C44H27F3N8O6RuS3. The first-order valence-electron chi connectivity index (χ1n) is 18.0. The summed E-state index contributed by atoms with van der Waals surface area (Å²) in [6.45, 7) is 0.875. The summed E-state index contributed by atoms with van der Waals surface area (Å²) in [7, 11) is 0. The minimum atomic E-state index is -4.82. The van der Waals surface area contributed by atoms with Crippen molar-refractivity contribution in [3.05, 3.63) is 151 Å². The van der Waals surface area contributed by atoms with E-state index < -0.39 is 17.6 Å². The van der Waals surface area contributed by atoms with E-state index in [-0.39, 0.29) is 48.9 Å². The minimum Gasteiger partial charge on any atom is -0.753 e. The second-order valence-electron chi connectivity index (χ2n) is 12.5. The van der Waals surface area contributed by atoms with E-state index in [2.05, 4.69) is 44.3 Å². The Morgan fingerprint density at radius 1 is 0.692 bits per heavy atom. The zero-order chi connectivity index (χ0) is 45.6. The number of hydrogen-bond acceptors (Lipinski definition) is 15. The van der Waals surface area contributed by atoms with E-state index in [1.807, 2.05) is 53.4 Å². The van der Waals surface area contributed by atoms with Gasteiger partial charge in [-0.2, -0.15) is 18.3 Å². The zero-order valence-electron chi connectivity index (χ0n) is 32.8. The van der Waals surface area contributed by atoms with Crippen LogP contribution in [0.25, 0.3) is 59.8 Å². The number of alkyl halides is 3. The average Bonchev–Trinajstić information content (AvgIpc) is 3.92. The molecule has 8 rings (SSSR count). The fraction of sp³-hybridized carbons (Fsp3) is 0.0227. The summed E-state index contributed by atoms with van der Waals surface area (Å²) >= 11 is 6.90. The molecule has 0 aliphatic rings. The Morgan fingerprint density at radius 3 is 1.60 bits per heavy atom. The van der Waals surface area contributed by atoms with Crippen molar-refractivity contribution in [3.63, 3.8) is 0 Å². The van der Waals surface area contributed by atoms with Crippen LogP contribution < -0.4 is 19.1 Å². The quantitative estimate of drug-likeness (QED) is 0.0496. The van der Waals surface area contributed by atoms with Crippen molar-refractivity contribution in [1.29, 1.82) is 5.41 Å². The number of allylic oxidation sites excluding steroid dienone is 1. The molecule has 2 aromatic carbocycles. The van der Waals surface area contributed by atoms with Crippen LogP contribution in [0.15, 0.2) is 134 Å². The molecule has 0 saturated heterocycles. The molecule has 0 saturated carbocycles. The first kappa shape index (κ1) is 48.6. The number of nitrogens with one attached hydrogen (secondary N) is 2. The third-order valence-corrected chi connectivity index (χ3v) is 10.7. The summed E-state index contributed by atoms with van der Waals surface area (Å²) in [5.41, 5.74) is 8.21. The van der Waals surface area contributed by atoms with Crippen LogP contribution in [0.4, 0.5) is 28.9 Å². The third kappa shape index (κ3) is 12.6. The number of anilines is 3. The van der Waals surface area contributed by atoms with Crippen molar-refractivity contribution in [1.82, 2.24) is 19.9 Å². The van der Waals surface area contributed by atoms with Crippen LogP contribution in [0, 0.1) is 5.41 Å². The number of carbonyl (C=O) groups excluding carboxylic acids is 3. The maximum Gasteiger partial charge on any atom is 2.00 e. The van der Waals surface area contributed by atoms with Crippen molar-refractivity contribution in [2.24, 2.45) is 0 Å². The molecule has 0 bridgehead atoms. The number of rotatable bonds is 13. The van der Waals surface area contributed by atoms with Crippen molar-refractivity contribution < 1.29 is 61.2 Å². The Morgan fingerprint density at radius 2 is 1.14 bits per heavy atom. The number of fused-ring (bicyclic) bond motifs is 2. The fourth-order valence-electron chi connectivity index (χ4n) is 5.78. The monoisotopic (exact) mass is 1020 g/mol. The van der Waals surface area contributed by atoms with Crippen molar-refractivity contribution in [2.45, 2.75) is 6.18 Å². The van der Waals surface area contributed by atoms with E-state index >= 15 is 0 Å². The van der Waals surface area contributed by atoms with Gasteiger partial charge in [0, 0.05) is 57.9 Å². The first-order valence-corrected chi connectivity index (χ1v) is 20.1. The molecule has 0 radical (unpaired) electrons. The molecule has 65 heavy (non-hydrogen) atoms. The standard InChI is InChI=1S/C25H16F3N4S2.C18H11N3O6.CNS.Ru/c26-25(27,28)22(30)14-18(29)19-13-17(9-10-31-19)32(23-11-15-5-1-3-7-20(15)33-23)24-12-16-6-2-4-8-21(16)34-24;22-9-25-12-1-3-19-15(5-12)17-7-14(27-11-24)8-18(21-17)16-6-13(26-10-23)2-4-20-16;2-1-3;/h1-14,29-30H;1-11H;;/q-1;;-1;+2/b18-14-,30-22?;;;. The molecule has 0 spiro atoms. The van der Waals surface area contributed by atoms with E-state index in [9.17, 15) is 27.6 Å². The number of carbonyl (C=O) groups is 3. The second-order valence-corrected chi connectivity index (χ2v) is 14.8. The Bertz CT molecular complexity index is 2840. The van der Waals surface area contributed by atoms with Crippen LogP contribution in [-0.4, -0.2) is 56.4 Å². The van der Waals surface area contributed by atoms with E-state index in [0.717, 1.165) is 30.2 Å². The smallest absolute Gasteiger partial charge is 0.753 e. The van der Waals surface area contributed by atoms with Gasteiger partial charge in [0.25, 0.3) is 19.4 Å². The van der Waals surface area contributed by atoms with Gasteiger partial charge in [0.05, 0.1) is 28.5 Å². The zero-order valence-corrected chi connectivity index (χ0v) is 37.0. The summed E-state index contributed by atoms with van der Waals surface area (Å²) in [6, 6.07) is 32.5. The molecular weight excluding hydrogens is 991 g/mol. The van der Waals surface area contributed by atoms with Gasteiger partial charge in [0.1, 0.15) is 33.0 Å². The van der Waals surface area contributed by atoms with Gasteiger partial charge < -0.3 is 25.4 Å². The molecule has 0 unspecified atom stereocenters. The topological polar surface area (TPSA) is 204 Å². The van der Waals surface area contributed by atoms with Crippen LogP contribution >= 0.6 is 34.9 Å². The summed E-state index contributed by atoms with van der Waals surface area (Å²) in [5.74, 6) is 0.760. The van der Waals surface area contributed by atoms with Gasteiger partial charge in [-0.3, -0.25) is 39.6 Å². The van der Waals surface area contributed by atoms with E-state index in [1.54, 1.807) is 34.8 Å². The molecule has 21 heteroatoms. The van der Waals surface area contributed by atoms with Gasteiger partial charge in [-0.1, -0.05) is 48.6 Å². The van der Waals surface area contributed by atoms with Gasteiger partial charge >= 0.3 is 25.7 Å². The van der Waals surface area contributed by atoms with Gasteiger partial charge in [-0.25, -0.2) is 4.98 Å². The average molecular weight is 1020 g/mol. The summed E-state index contributed by atoms with van der Waals surface area (Å²) in [4.78, 5) is 50.7. The van der Waals surface area contributed by atoms with Crippen LogP contribution in [0.5, 0.6) is 17.2 Å². The van der Waals surface area contributed by atoms with E-state index in [4.69, 9.17) is 30.8 Å². The van der Waals surface area contributed by atoms with Gasteiger partial charge in [-0.05, 0) is 65.4 Å². The number of hydrogen-bond donors (Lipinski definition) is 1. The number of nitrogens with zero attached hydrogens (tertiary/aromatic N) is 6. The second kappa shape index (κ2) is 22.8. The van der Waals surface area contributed by atoms with Gasteiger partial charge in [0.2, 0.25) is 0 Å². The largest absolute Gasteiger partial charge is 2.00 e. The van der Waals surface area contributed by atoms with Gasteiger partial charge in [-0.15, -0.1) is 28.4 Å². The molecule has 0 aliphatic carbocycles. The Hall–Kier alpha value is -7.41. The molecule has 14 nitrogen and oxygen atoms in total. The molecule has 6 heterocycles. The molecule has 0 aliphatic heterocycles. The van der Waals surface area contributed by atoms with Crippen LogP contribution in [0.2, 0.25) is 0 Å². The summed E-state index contributed by atoms with van der Waals surface area (Å²) < 4.78 is 55.2. The Balaban J connectivity index is 0.000000232. The molecule has 0 fully saturated rings. The number of thiocarbonyl (C=S) groups is 1. The minimum absolute atomic E-state index is 0. The molecule has 0 atom stereocenters. The summed E-state index contributed by atoms with van der Waals surface area (Å²) in [6.07, 6.45) is 0.0243. The number of pyridine rings is 4. The van der Waals surface area contributed by atoms with Crippen molar-refractivity contribution in [2.75, 3.05) is 4.90 Å². The number of isothiocyanates is 1. The SMILES string of the molecule is N=C(/C=C(\[NH-])c1cc(N(c2cc3ccccc3s2)c2cc3ccccc3s2)ccn1)C(F)(F)F.O=COc1ccnc(-c2cc(OC=O)cc(-c3cc(OC=O)ccn3)n2)c1.[N-]=C=S.[Ru+2]. The van der Waals surface area contributed by atoms with Crippen LogP contribution in [-0.2, 0) is 33.9 Å². The fourth-order valence-corrected chi connectivity index (χ4v) is 8.03. The van der Waals surface area contributed by atoms with Crippen molar-refractivity contribution >= 4 is 107 Å². The number of halogens is 3. The van der Waals surface area contributed by atoms with Crippen molar-refractivity contribution in [3.8, 4) is 40.0 Å². The number of aromatic nitrogens is 4.